The zero-order valence-electron chi connectivity index (χ0n) is 19.2. The van der Waals surface area contributed by atoms with Crippen molar-refractivity contribution in [3.63, 3.8) is 0 Å². The van der Waals surface area contributed by atoms with Gasteiger partial charge in [-0.15, -0.1) is 0 Å². The van der Waals surface area contributed by atoms with Crippen molar-refractivity contribution in [2.45, 2.75) is 13.5 Å². The van der Waals surface area contributed by atoms with Crippen LogP contribution in [-0.2, 0) is 6.54 Å². The Morgan fingerprint density at radius 2 is 1.38 bits per heavy atom. The molecule has 3 heterocycles. The van der Waals surface area contributed by atoms with Gasteiger partial charge < -0.3 is 0 Å². The van der Waals surface area contributed by atoms with E-state index in [4.69, 9.17) is 0 Å². The molecule has 6 rings (SSSR count). The predicted octanol–water partition coefficient (Wildman–Crippen LogP) is 6.56. The maximum Gasteiger partial charge on any atom is 0.253 e. The average molecular weight is 439 g/mol. The Morgan fingerprint density at radius 1 is 0.618 bits per heavy atom. The molecule has 0 fully saturated rings. The van der Waals surface area contributed by atoms with E-state index in [0.717, 1.165) is 6.54 Å². The maximum absolute atomic E-state index is 2.37. The van der Waals surface area contributed by atoms with E-state index < -0.39 is 0 Å². The Labute approximate surface area is 200 Å². The van der Waals surface area contributed by atoms with Gasteiger partial charge in [0.1, 0.15) is 0 Å². The first-order valence-electron chi connectivity index (χ1n) is 11.7. The summed E-state index contributed by atoms with van der Waals surface area (Å²) in [6.07, 6.45) is 4.40. The summed E-state index contributed by atoms with van der Waals surface area (Å²) in [5.41, 5.74) is 8.70. The van der Waals surface area contributed by atoms with Gasteiger partial charge in [0.05, 0.1) is 5.39 Å². The zero-order chi connectivity index (χ0) is 22.9. The molecule has 34 heavy (non-hydrogen) atoms. The maximum atomic E-state index is 2.37. The van der Waals surface area contributed by atoms with Crippen LogP contribution in [0.15, 0.2) is 128 Å². The summed E-state index contributed by atoms with van der Waals surface area (Å²) in [4.78, 5) is 0. The smallest absolute Gasteiger partial charge is 0.188 e. The van der Waals surface area contributed by atoms with E-state index in [0.29, 0.717) is 0 Å². The molecule has 0 atom stereocenters. The topological polar surface area (TPSA) is 7.98 Å². The average Bonchev–Trinajstić information content (AvgIpc) is 2.90. The lowest BCUT2D eigenvalue weighted by Crippen LogP contribution is -2.42. The minimum Gasteiger partial charge on any atom is -0.188 e. The van der Waals surface area contributed by atoms with E-state index in [9.17, 15) is 0 Å². The summed E-state index contributed by atoms with van der Waals surface area (Å²) in [6.45, 7) is 2.96. The quantitative estimate of drug-likeness (QED) is 0.218. The fourth-order valence-electron chi connectivity index (χ4n) is 4.88. The van der Waals surface area contributed by atoms with Gasteiger partial charge in [-0.2, -0.15) is 8.97 Å². The minimum atomic E-state index is 0.773. The Bertz CT molecular complexity index is 1630. The molecular weight excluding hydrogens is 412 g/mol. The van der Waals surface area contributed by atoms with E-state index >= 15 is 0 Å². The van der Waals surface area contributed by atoms with Crippen molar-refractivity contribution in [3.8, 4) is 22.4 Å². The number of benzene rings is 3. The zero-order valence-corrected chi connectivity index (χ0v) is 19.2. The van der Waals surface area contributed by atoms with Gasteiger partial charge in [-0.1, -0.05) is 66.7 Å². The van der Waals surface area contributed by atoms with Crippen molar-refractivity contribution in [2.75, 3.05) is 0 Å². The molecule has 0 radical (unpaired) electrons. The van der Waals surface area contributed by atoms with Gasteiger partial charge in [0.15, 0.2) is 12.4 Å². The molecule has 2 nitrogen and oxygen atoms in total. The van der Waals surface area contributed by atoms with Crippen LogP contribution in [-0.4, -0.2) is 0 Å². The lowest BCUT2D eigenvalue weighted by Gasteiger charge is -2.09. The molecular formula is C32H26N2+2. The largest absolute Gasteiger partial charge is 0.253 e. The molecule has 3 aromatic carbocycles. The summed E-state index contributed by atoms with van der Waals surface area (Å²) in [5, 5.41) is 2.54. The standard InChI is InChI=1S/C32H26N2/c1-24-11-5-7-15-29(24)32-22-26(25-12-3-2-4-13-25)18-20-33(32)23-28-21-27-14-6-8-16-30(27)31-17-9-10-19-34(28)31/h2-22H,23H2,1H3/q+2. The van der Waals surface area contributed by atoms with Gasteiger partial charge in [-0.25, -0.2) is 0 Å². The highest BCUT2D eigenvalue weighted by molar-refractivity contribution is 5.93. The van der Waals surface area contributed by atoms with Gasteiger partial charge in [0.2, 0.25) is 17.8 Å². The highest BCUT2D eigenvalue weighted by Gasteiger charge is 2.22. The fraction of sp³-hybridized carbons (Fsp3) is 0.0625. The van der Waals surface area contributed by atoms with E-state index in [1.165, 1.54) is 49.9 Å². The first-order chi connectivity index (χ1) is 16.8. The van der Waals surface area contributed by atoms with Crippen LogP contribution >= 0.6 is 0 Å². The lowest BCUT2D eigenvalue weighted by atomic mass is 10.00. The van der Waals surface area contributed by atoms with E-state index in [2.05, 4.69) is 144 Å². The lowest BCUT2D eigenvalue weighted by molar-refractivity contribution is -0.695. The second kappa shape index (κ2) is 8.57. The summed E-state index contributed by atoms with van der Waals surface area (Å²) >= 11 is 0. The van der Waals surface area contributed by atoms with Crippen molar-refractivity contribution >= 4 is 16.3 Å². The SMILES string of the molecule is Cc1ccccc1-c1cc(-c2ccccc2)cc[n+]1Cc1cc2ccccc2c2cccc[n+]12. The number of aryl methyl sites for hydroxylation is 1. The molecule has 162 valence electrons. The van der Waals surface area contributed by atoms with E-state index in [-0.39, 0.29) is 0 Å². The second-order valence-electron chi connectivity index (χ2n) is 8.79. The van der Waals surface area contributed by atoms with Crippen molar-refractivity contribution in [1.82, 2.24) is 0 Å². The number of hydrogen-bond donors (Lipinski definition) is 0. The molecule has 0 saturated carbocycles. The Morgan fingerprint density at radius 3 is 2.26 bits per heavy atom. The van der Waals surface area contributed by atoms with Crippen LogP contribution in [0, 0.1) is 6.92 Å². The Balaban J connectivity index is 1.55. The summed E-state index contributed by atoms with van der Waals surface area (Å²) < 4.78 is 4.69. The van der Waals surface area contributed by atoms with Gasteiger partial charge in [-0.05, 0) is 47.2 Å². The number of nitrogens with zero attached hydrogens (tertiary/aromatic N) is 2. The number of hydrogen-bond acceptors (Lipinski definition) is 0. The molecule has 2 heteroatoms. The summed E-state index contributed by atoms with van der Waals surface area (Å²) in [5.74, 6) is 0. The van der Waals surface area contributed by atoms with Gasteiger partial charge in [0, 0.05) is 35.9 Å². The third-order valence-electron chi connectivity index (χ3n) is 6.62. The van der Waals surface area contributed by atoms with Crippen LogP contribution in [0.3, 0.4) is 0 Å². The Kier molecular flexibility index (Phi) is 5.12. The molecule has 0 saturated heterocycles. The monoisotopic (exact) mass is 438 g/mol. The van der Waals surface area contributed by atoms with Crippen molar-refractivity contribution < 1.29 is 8.97 Å². The van der Waals surface area contributed by atoms with Crippen molar-refractivity contribution in [2.24, 2.45) is 0 Å². The summed E-state index contributed by atoms with van der Waals surface area (Å²) in [7, 11) is 0. The molecule has 0 aliphatic heterocycles. The van der Waals surface area contributed by atoms with Gasteiger partial charge >= 0.3 is 0 Å². The number of aromatic nitrogens is 2. The summed E-state index contributed by atoms with van der Waals surface area (Å²) in [6, 6.07) is 41.2. The molecule has 0 spiro atoms. The number of fused-ring (bicyclic) bond motifs is 3. The predicted molar refractivity (Wildman–Crippen MR) is 138 cm³/mol. The molecule has 3 aromatic heterocycles. The molecule has 0 N–H and O–H groups in total. The fourth-order valence-corrected chi connectivity index (χ4v) is 4.88. The van der Waals surface area contributed by atoms with Crippen LogP contribution in [0.1, 0.15) is 11.3 Å². The highest BCUT2D eigenvalue weighted by atomic mass is 15.0. The third-order valence-corrected chi connectivity index (χ3v) is 6.62. The number of rotatable bonds is 4. The number of pyridine rings is 3. The molecule has 0 bridgehead atoms. The molecule has 0 aliphatic carbocycles. The van der Waals surface area contributed by atoms with Crippen LogP contribution in [0.4, 0.5) is 0 Å². The Hall–Kier alpha value is -4.30. The molecule has 0 amide bonds. The first kappa shape index (κ1) is 20.3. The van der Waals surface area contributed by atoms with Crippen molar-refractivity contribution in [3.05, 3.63) is 139 Å². The third kappa shape index (κ3) is 3.64. The van der Waals surface area contributed by atoms with Crippen molar-refractivity contribution in [1.29, 1.82) is 0 Å². The van der Waals surface area contributed by atoms with Crippen LogP contribution in [0.25, 0.3) is 38.7 Å². The van der Waals surface area contributed by atoms with Crippen LogP contribution in [0.5, 0.6) is 0 Å². The second-order valence-corrected chi connectivity index (χ2v) is 8.79. The van der Waals surface area contributed by atoms with Gasteiger partial charge in [0.25, 0.3) is 5.69 Å². The van der Waals surface area contributed by atoms with Gasteiger partial charge in [-0.3, -0.25) is 0 Å². The van der Waals surface area contributed by atoms with E-state index in [1.807, 2.05) is 0 Å². The first-order valence-corrected chi connectivity index (χ1v) is 11.7. The molecule has 6 aromatic rings. The van der Waals surface area contributed by atoms with Crippen LogP contribution < -0.4 is 8.97 Å². The normalized spacial score (nSPS) is 11.2. The molecule has 0 aliphatic rings. The van der Waals surface area contributed by atoms with Crippen LogP contribution in [0.2, 0.25) is 0 Å². The highest BCUT2D eigenvalue weighted by Crippen LogP contribution is 2.26. The molecule has 0 unspecified atom stereocenters. The van der Waals surface area contributed by atoms with E-state index in [1.54, 1.807) is 0 Å². The minimum absolute atomic E-state index is 0.773.